The van der Waals surface area contributed by atoms with Gasteiger partial charge in [0.05, 0.1) is 18.3 Å². The molecule has 4 fully saturated rings. The van der Waals surface area contributed by atoms with Crippen molar-refractivity contribution < 1.29 is 37.3 Å². The molecule has 4 rings (SSSR count). The second-order valence-electron chi connectivity index (χ2n) is 11.9. The fourth-order valence-electron chi connectivity index (χ4n) is 9.01. The van der Waals surface area contributed by atoms with Crippen molar-refractivity contribution in [2.24, 2.45) is 46.3 Å². The van der Waals surface area contributed by atoms with Crippen molar-refractivity contribution in [1.82, 2.24) is 0 Å². The molecular weight excluding hydrogens is 448 g/mol. The lowest BCUT2D eigenvalue weighted by molar-refractivity contribution is -0.222. The van der Waals surface area contributed by atoms with Crippen molar-refractivity contribution in [1.29, 1.82) is 0 Å². The summed E-state index contributed by atoms with van der Waals surface area (Å²) in [5.41, 5.74) is -0.203. The van der Waals surface area contributed by atoms with E-state index >= 15 is 0 Å². The molecule has 4 aliphatic carbocycles. The van der Waals surface area contributed by atoms with Crippen LogP contribution in [-0.2, 0) is 19.4 Å². The number of rotatable bonds is 6. The minimum Gasteiger partial charge on any atom is -0.481 e. The van der Waals surface area contributed by atoms with E-state index in [4.69, 9.17) is 13.8 Å². The summed E-state index contributed by atoms with van der Waals surface area (Å²) >= 11 is 0. The molecule has 0 aromatic heterocycles. The van der Waals surface area contributed by atoms with E-state index in [2.05, 4.69) is 20.8 Å². The molecule has 11 atom stereocenters. The topological polar surface area (TPSA) is 141 Å². The fraction of sp³-hybridized carbons (Fsp3) is 0.958. The maximum Gasteiger partial charge on any atom is 0.397 e. The van der Waals surface area contributed by atoms with Crippen LogP contribution < -0.4 is 0 Å². The highest BCUT2D eigenvalue weighted by molar-refractivity contribution is 7.80. The van der Waals surface area contributed by atoms with Gasteiger partial charge in [-0.15, -0.1) is 0 Å². The second-order valence-corrected chi connectivity index (χ2v) is 13.0. The van der Waals surface area contributed by atoms with Gasteiger partial charge in [-0.25, -0.2) is 4.18 Å². The summed E-state index contributed by atoms with van der Waals surface area (Å²) in [6, 6.07) is 0. The normalized spacial score (nSPS) is 48.4. The summed E-state index contributed by atoms with van der Waals surface area (Å²) < 4.78 is 36.4. The maximum absolute atomic E-state index is 11.4. The molecule has 0 bridgehead atoms. The molecule has 0 radical (unpaired) electrons. The Kier molecular flexibility index (Phi) is 6.71. The molecular formula is C24H40O8S. The zero-order valence-corrected chi connectivity index (χ0v) is 20.7. The number of hydrogen-bond acceptors (Lipinski definition) is 6. The van der Waals surface area contributed by atoms with E-state index in [0.717, 1.165) is 25.7 Å². The highest BCUT2D eigenvalue weighted by Crippen LogP contribution is 2.68. The average molecular weight is 489 g/mol. The Hall–Kier alpha value is -0.740. The van der Waals surface area contributed by atoms with Gasteiger partial charge in [0, 0.05) is 6.42 Å². The number of hydrogen-bond donors (Lipinski definition) is 4. The van der Waals surface area contributed by atoms with E-state index in [1.54, 1.807) is 0 Å². The van der Waals surface area contributed by atoms with Gasteiger partial charge in [-0.1, -0.05) is 20.8 Å². The van der Waals surface area contributed by atoms with Gasteiger partial charge < -0.3 is 15.3 Å². The predicted molar refractivity (Wildman–Crippen MR) is 120 cm³/mol. The minimum absolute atomic E-state index is 0.0179. The Morgan fingerprint density at radius 1 is 1.00 bits per heavy atom. The van der Waals surface area contributed by atoms with Crippen LogP contribution in [0.2, 0.25) is 0 Å². The Balaban J connectivity index is 1.56. The Morgan fingerprint density at radius 2 is 1.64 bits per heavy atom. The SMILES string of the molecule is C[C@H](CCC(=O)O)[C@H]1CC[C@H]2[C@@H]3[C@H](O)[C@@H](O)[C@@H]4C[C@H](OS(=O)(=O)O)CC[C@]4(C)[C@H]3CC[C@]12C. The molecule has 0 unspecified atom stereocenters. The Labute approximate surface area is 197 Å². The van der Waals surface area contributed by atoms with Crippen molar-refractivity contribution >= 4 is 16.4 Å². The molecule has 0 saturated heterocycles. The molecule has 4 saturated carbocycles. The third-order valence-electron chi connectivity index (χ3n) is 10.5. The standard InChI is InChI=1S/C24H40O8S/c1-13(4-7-19(25)26)15-5-6-16-20-17(9-11-23(15,16)2)24(3)10-8-14(32-33(29,30)31)12-18(24)21(27)22(20)28/h13-18,20-22,27-28H,4-12H2,1-3H3,(H,25,26)(H,29,30,31)/t13-,14-,15-,16+,17+,18+,20+,21+,22+,23-,24-/m1/s1. The summed E-state index contributed by atoms with van der Waals surface area (Å²) in [4.78, 5) is 11.1. The van der Waals surface area contributed by atoms with E-state index < -0.39 is 34.7 Å². The fourth-order valence-corrected chi connectivity index (χ4v) is 9.53. The van der Waals surface area contributed by atoms with Crippen LogP contribution in [0.3, 0.4) is 0 Å². The van der Waals surface area contributed by atoms with Crippen molar-refractivity contribution in [2.75, 3.05) is 0 Å². The van der Waals surface area contributed by atoms with E-state index in [0.29, 0.717) is 37.5 Å². The van der Waals surface area contributed by atoms with Gasteiger partial charge in [0.15, 0.2) is 0 Å². The number of aliphatic hydroxyl groups excluding tert-OH is 2. The van der Waals surface area contributed by atoms with E-state index in [1.807, 2.05) is 0 Å². The number of aliphatic carboxylic acids is 1. The van der Waals surface area contributed by atoms with Crippen LogP contribution in [-0.4, -0.2) is 52.6 Å². The van der Waals surface area contributed by atoms with Gasteiger partial charge in [-0.05, 0) is 97.7 Å². The first kappa shape index (κ1) is 25.4. The smallest absolute Gasteiger partial charge is 0.397 e. The Morgan fingerprint density at radius 3 is 2.27 bits per heavy atom. The molecule has 0 aromatic rings. The van der Waals surface area contributed by atoms with Gasteiger partial charge in [0.1, 0.15) is 0 Å². The minimum atomic E-state index is -4.56. The zero-order valence-electron chi connectivity index (χ0n) is 19.9. The van der Waals surface area contributed by atoms with Gasteiger partial charge >= 0.3 is 16.4 Å². The first-order chi connectivity index (χ1) is 15.3. The number of fused-ring (bicyclic) bond motifs is 5. The summed E-state index contributed by atoms with van der Waals surface area (Å²) in [6.45, 7) is 6.65. The monoisotopic (exact) mass is 488 g/mol. The molecule has 4 N–H and O–H groups in total. The van der Waals surface area contributed by atoms with Gasteiger partial charge in [0.25, 0.3) is 0 Å². The van der Waals surface area contributed by atoms with Crippen molar-refractivity contribution in [2.45, 2.75) is 96.9 Å². The van der Waals surface area contributed by atoms with Crippen molar-refractivity contribution in [3.05, 3.63) is 0 Å². The molecule has 33 heavy (non-hydrogen) atoms. The van der Waals surface area contributed by atoms with Crippen LogP contribution in [0.25, 0.3) is 0 Å². The lowest BCUT2D eigenvalue weighted by atomic mass is 9.43. The molecule has 190 valence electrons. The lowest BCUT2D eigenvalue weighted by Crippen LogP contribution is -2.64. The first-order valence-corrected chi connectivity index (χ1v) is 13.9. The third kappa shape index (κ3) is 4.37. The highest BCUT2D eigenvalue weighted by Gasteiger charge is 2.65. The predicted octanol–water partition coefficient (Wildman–Crippen LogP) is 3.28. The number of aliphatic hydroxyl groups is 2. The Bertz CT molecular complexity index is 861. The highest BCUT2D eigenvalue weighted by atomic mass is 32.3. The molecule has 0 amide bonds. The quantitative estimate of drug-likeness (QED) is 0.417. The molecule has 9 heteroatoms. The van der Waals surface area contributed by atoms with Gasteiger partial charge in [-0.2, -0.15) is 8.42 Å². The summed E-state index contributed by atoms with van der Waals surface area (Å²) in [7, 11) is -4.56. The molecule has 0 heterocycles. The molecule has 8 nitrogen and oxygen atoms in total. The van der Waals surface area contributed by atoms with Crippen molar-refractivity contribution in [3.8, 4) is 0 Å². The van der Waals surface area contributed by atoms with Crippen LogP contribution in [0.5, 0.6) is 0 Å². The van der Waals surface area contributed by atoms with Crippen LogP contribution >= 0.6 is 0 Å². The summed E-state index contributed by atoms with van der Waals surface area (Å²) in [5, 5.41) is 31.7. The largest absolute Gasteiger partial charge is 0.481 e. The molecule has 0 aliphatic heterocycles. The maximum atomic E-state index is 11.4. The summed E-state index contributed by atoms with van der Waals surface area (Å²) in [5.74, 6) is 0.164. The number of carboxylic acid groups (broad SMARTS) is 1. The van der Waals surface area contributed by atoms with Crippen LogP contribution in [0.4, 0.5) is 0 Å². The first-order valence-electron chi connectivity index (χ1n) is 12.5. The molecule has 0 aromatic carbocycles. The van der Waals surface area contributed by atoms with Crippen LogP contribution in [0.1, 0.15) is 78.6 Å². The second kappa shape index (κ2) is 8.73. The van der Waals surface area contributed by atoms with Crippen molar-refractivity contribution in [3.63, 3.8) is 0 Å². The average Bonchev–Trinajstić information content (AvgIpc) is 3.07. The number of carbonyl (C=O) groups is 1. The van der Waals surface area contributed by atoms with Crippen LogP contribution in [0, 0.1) is 46.3 Å². The van der Waals surface area contributed by atoms with E-state index in [1.165, 1.54) is 0 Å². The lowest BCUT2D eigenvalue weighted by Gasteiger charge is -2.63. The van der Waals surface area contributed by atoms with Gasteiger partial charge in [-0.3, -0.25) is 9.35 Å². The molecule has 4 aliphatic rings. The van der Waals surface area contributed by atoms with E-state index in [9.17, 15) is 23.4 Å². The van der Waals surface area contributed by atoms with Crippen LogP contribution in [0.15, 0.2) is 0 Å². The zero-order chi connectivity index (χ0) is 24.3. The number of carboxylic acids is 1. The van der Waals surface area contributed by atoms with E-state index in [-0.39, 0.29) is 40.9 Å². The summed E-state index contributed by atoms with van der Waals surface area (Å²) in [6.07, 6.45) is 3.78. The third-order valence-corrected chi connectivity index (χ3v) is 11.1. The van der Waals surface area contributed by atoms with Gasteiger partial charge in [0.2, 0.25) is 0 Å². The molecule has 0 spiro atoms.